The average Bonchev–Trinajstić information content (AvgIpc) is 3.32. The summed E-state index contributed by atoms with van der Waals surface area (Å²) < 4.78 is 15.4. The van der Waals surface area contributed by atoms with E-state index in [1.54, 1.807) is 18.2 Å². The molecule has 0 aliphatic heterocycles. The topological polar surface area (TPSA) is 107 Å². The Balaban J connectivity index is 1.66. The third-order valence-corrected chi connectivity index (χ3v) is 5.65. The lowest BCUT2D eigenvalue weighted by atomic mass is 10.1. The normalized spacial score (nSPS) is 11.0. The predicted octanol–water partition coefficient (Wildman–Crippen LogP) is 5.37. The molecule has 8 nitrogen and oxygen atoms in total. The molecule has 1 amide bonds. The Hall–Kier alpha value is -3.36. The number of anilines is 1. The maximum atomic E-state index is 12.7. The highest BCUT2D eigenvalue weighted by Gasteiger charge is 2.29. The van der Waals surface area contributed by atoms with Crippen molar-refractivity contribution < 1.29 is 23.4 Å². The van der Waals surface area contributed by atoms with Gasteiger partial charge in [0.15, 0.2) is 11.1 Å². The minimum Gasteiger partial charge on any atom is -0.465 e. The Labute approximate surface area is 192 Å². The molecule has 0 radical (unpaired) electrons. The monoisotopic (exact) mass is 473 g/mol. The third kappa shape index (κ3) is 3.94. The Morgan fingerprint density at radius 1 is 1.06 bits per heavy atom. The van der Waals surface area contributed by atoms with E-state index in [0.29, 0.717) is 11.3 Å². The zero-order chi connectivity index (χ0) is 23.0. The van der Waals surface area contributed by atoms with Gasteiger partial charge in [0.25, 0.3) is 0 Å². The third-order valence-electron chi connectivity index (χ3n) is 5.02. The number of ether oxygens (including phenoxy) is 1. The lowest BCUT2D eigenvalue weighted by molar-refractivity contribution is -0.115. The van der Waals surface area contributed by atoms with Crippen molar-refractivity contribution in [3.63, 3.8) is 0 Å². The van der Waals surface area contributed by atoms with Crippen LogP contribution in [0.3, 0.4) is 0 Å². The van der Waals surface area contributed by atoms with Crippen LogP contribution in [0.4, 0.5) is 5.88 Å². The summed E-state index contributed by atoms with van der Waals surface area (Å²) in [6, 6.07) is 8.62. The molecule has 0 saturated heterocycles. The summed E-state index contributed by atoms with van der Waals surface area (Å²) in [4.78, 5) is 25.2. The van der Waals surface area contributed by atoms with Gasteiger partial charge in [-0.15, -0.1) is 0 Å². The van der Waals surface area contributed by atoms with Crippen molar-refractivity contribution in [1.82, 2.24) is 10.3 Å². The van der Waals surface area contributed by atoms with Gasteiger partial charge in [0, 0.05) is 10.9 Å². The van der Waals surface area contributed by atoms with Gasteiger partial charge < -0.3 is 13.8 Å². The van der Waals surface area contributed by atoms with Crippen molar-refractivity contribution in [3.8, 4) is 11.3 Å². The maximum Gasteiger partial charge on any atom is 0.345 e. The molecule has 0 aliphatic rings. The van der Waals surface area contributed by atoms with Crippen LogP contribution in [0.2, 0.25) is 10.0 Å². The highest BCUT2D eigenvalue weighted by atomic mass is 35.5. The number of hydrogen-bond donors (Lipinski definition) is 1. The highest BCUT2D eigenvalue weighted by Crippen LogP contribution is 2.38. The van der Waals surface area contributed by atoms with Crippen LogP contribution in [0.5, 0.6) is 0 Å². The van der Waals surface area contributed by atoms with Crippen molar-refractivity contribution in [3.05, 3.63) is 62.8 Å². The summed E-state index contributed by atoms with van der Waals surface area (Å²) in [5.74, 6) is -1.45. The summed E-state index contributed by atoms with van der Waals surface area (Å²) >= 11 is 12.5. The second-order valence-electron chi connectivity index (χ2n) is 7.11. The van der Waals surface area contributed by atoms with E-state index in [4.69, 9.17) is 37.0 Å². The number of amides is 1. The van der Waals surface area contributed by atoms with Crippen LogP contribution in [-0.2, 0) is 16.0 Å². The SMILES string of the molecule is COC(=O)c1c(-c2c(Cl)cccc2Cl)noc1NC(=O)Cc1noc2cc(C)c(C)cc12. The summed E-state index contributed by atoms with van der Waals surface area (Å²) in [7, 11) is 1.20. The molecule has 4 aromatic rings. The van der Waals surface area contributed by atoms with Crippen molar-refractivity contribution in [2.24, 2.45) is 0 Å². The van der Waals surface area contributed by atoms with Gasteiger partial charge in [0.1, 0.15) is 11.4 Å². The number of fused-ring (bicyclic) bond motifs is 1. The maximum absolute atomic E-state index is 12.7. The fourth-order valence-corrected chi connectivity index (χ4v) is 3.83. The van der Waals surface area contributed by atoms with Crippen molar-refractivity contribution >= 4 is 51.9 Å². The summed E-state index contributed by atoms with van der Waals surface area (Å²) in [6.45, 7) is 3.93. The lowest BCUT2D eigenvalue weighted by Crippen LogP contribution is -2.17. The molecule has 0 fully saturated rings. The van der Waals surface area contributed by atoms with Crippen LogP contribution in [0, 0.1) is 13.8 Å². The van der Waals surface area contributed by atoms with E-state index in [2.05, 4.69) is 15.6 Å². The van der Waals surface area contributed by atoms with Crippen LogP contribution < -0.4 is 5.32 Å². The van der Waals surface area contributed by atoms with Crippen molar-refractivity contribution in [2.75, 3.05) is 12.4 Å². The van der Waals surface area contributed by atoms with Crippen LogP contribution in [0.25, 0.3) is 22.2 Å². The summed E-state index contributed by atoms with van der Waals surface area (Å²) in [5, 5.41) is 11.7. The van der Waals surface area contributed by atoms with E-state index in [-0.39, 0.29) is 39.2 Å². The first-order chi connectivity index (χ1) is 15.3. The molecule has 0 unspecified atom stereocenters. The lowest BCUT2D eigenvalue weighted by Gasteiger charge is -2.06. The molecular formula is C22H17Cl2N3O5. The second kappa shape index (κ2) is 8.64. The van der Waals surface area contributed by atoms with E-state index in [1.165, 1.54) is 7.11 Å². The Bertz CT molecular complexity index is 1340. The van der Waals surface area contributed by atoms with Gasteiger partial charge in [-0.3, -0.25) is 10.1 Å². The van der Waals surface area contributed by atoms with Gasteiger partial charge in [-0.2, -0.15) is 0 Å². The van der Waals surface area contributed by atoms with Gasteiger partial charge in [-0.1, -0.05) is 39.6 Å². The largest absolute Gasteiger partial charge is 0.465 e. The minimum absolute atomic E-state index is 0.0562. The number of aryl methyl sites for hydroxylation is 2. The molecule has 2 aromatic carbocycles. The van der Waals surface area contributed by atoms with E-state index in [9.17, 15) is 9.59 Å². The number of methoxy groups -OCH3 is 1. The molecule has 1 N–H and O–H groups in total. The van der Waals surface area contributed by atoms with Gasteiger partial charge in [-0.05, 0) is 49.2 Å². The molecule has 4 rings (SSSR count). The van der Waals surface area contributed by atoms with Crippen molar-refractivity contribution in [2.45, 2.75) is 20.3 Å². The Morgan fingerprint density at radius 2 is 1.75 bits per heavy atom. The zero-order valence-electron chi connectivity index (χ0n) is 17.3. The molecule has 164 valence electrons. The first-order valence-electron chi connectivity index (χ1n) is 9.48. The van der Waals surface area contributed by atoms with E-state index >= 15 is 0 Å². The van der Waals surface area contributed by atoms with Crippen LogP contribution in [-0.4, -0.2) is 29.3 Å². The minimum atomic E-state index is -0.773. The summed E-state index contributed by atoms with van der Waals surface area (Å²) in [6.07, 6.45) is -0.112. The number of aromatic nitrogens is 2. The Kier molecular flexibility index (Phi) is 5.90. The first kappa shape index (κ1) is 21.9. The molecule has 0 atom stereocenters. The molecule has 2 heterocycles. The summed E-state index contributed by atoms with van der Waals surface area (Å²) in [5.41, 5.74) is 3.38. The second-order valence-corrected chi connectivity index (χ2v) is 7.92. The van der Waals surface area contributed by atoms with E-state index in [0.717, 1.165) is 16.5 Å². The van der Waals surface area contributed by atoms with Crippen molar-refractivity contribution in [1.29, 1.82) is 0 Å². The number of carbonyl (C=O) groups excluding carboxylic acids is 2. The number of halogens is 2. The van der Waals surface area contributed by atoms with Gasteiger partial charge >= 0.3 is 5.97 Å². The average molecular weight is 474 g/mol. The highest BCUT2D eigenvalue weighted by molar-refractivity contribution is 6.39. The molecule has 0 bridgehead atoms. The number of nitrogens with zero attached hydrogens (tertiary/aromatic N) is 2. The molecule has 10 heteroatoms. The van der Waals surface area contributed by atoms with Crippen LogP contribution in [0.15, 0.2) is 39.4 Å². The number of rotatable bonds is 5. The first-order valence-corrected chi connectivity index (χ1v) is 10.2. The van der Waals surface area contributed by atoms with E-state index in [1.807, 2.05) is 26.0 Å². The number of nitrogens with one attached hydrogen (secondary N) is 1. The van der Waals surface area contributed by atoms with E-state index < -0.39 is 11.9 Å². The number of hydrogen-bond acceptors (Lipinski definition) is 7. The number of carbonyl (C=O) groups is 2. The van der Waals surface area contributed by atoms with Crippen LogP contribution >= 0.6 is 23.2 Å². The molecule has 32 heavy (non-hydrogen) atoms. The number of benzene rings is 2. The standard InChI is InChI=1S/C22H17Cl2N3O5/c1-10-7-12-15(26-31-16(12)8-11(10)2)9-17(28)25-21-19(22(29)30-3)20(27-32-21)18-13(23)5-4-6-14(18)24/h4-8H,9H2,1-3H3,(H,25,28). The number of esters is 1. The molecule has 0 spiro atoms. The predicted molar refractivity (Wildman–Crippen MR) is 119 cm³/mol. The molecule has 0 aliphatic carbocycles. The molecular weight excluding hydrogens is 457 g/mol. The van der Waals surface area contributed by atoms with Gasteiger partial charge in [-0.25, -0.2) is 4.79 Å². The quantitative estimate of drug-likeness (QED) is 0.387. The molecule has 2 aromatic heterocycles. The Morgan fingerprint density at radius 3 is 2.44 bits per heavy atom. The van der Waals surface area contributed by atoms with Gasteiger partial charge in [0.05, 0.1) is 23.6 Å². The zero-order valence-corrected chi connectivity index (χ0v) is 18.8. The van der Waals surface area contributed by atoms with Gasteiger partial charge in [0.2, 0.25) is 11.8 Å². The van der Waals surface area contributed by atoms with Crippen LogP contribution in [0.1, 0.15) is 27.2 Å². The smallest absolute Gasteiger partial charge is 0.345 e. The fourth-order valence-electron chi connectivity index (χ4n) is 3.26. The molecule has 0 saturated carbocycles. The fraction of sp³-hybridized carbons (Fsp3) is 0.182.